The van der Waals surface area contributed by atoms with Gasteiger partial charge in [-0.05, 0) is 12.1 Å². The minimum Gasteiger partial charge on any atom is -0.490 e. The van der Waals surface area contributed by atoms with Gasteiger partial charge in [0.1, 0.15) is 5.56 Å². The summed E-state index contributed by atoms with van der Waals surface area (Å²) < 4.78 is 22.5. The fraction of sp³-hybridized carbons (Fsp3) is 0.222. The van der Waals surface area contributed by atoms with Crippen LogP contribution in [0.15, 0.2) is 12.1 Å². The van der Waals surface area contributed by atoms with Crippen LogP contribution in [0.4, 0.5) is 10.1 Å². The third kappa shape index (κ3) is 1.92. The third-order valence-electron chi connectivity index (χ3n) is 1.89. The van der Waals surface area contributed by atoms with Crippen LogP contribution in [0.2, 0.25) is 0 Å². The monoisotopic (exact) mass is 229 g/mol. The summed E-state index contributed by atoms with van der Waals surface area (Å²) in [6, 6.07) is 2.19. The normalized spacial score (nSPS) is 9.69. The highest BCUT2D eigenvalue weighted by Crippen LogP contribution is 2.31. The Labute approximate surface area is 89.7 Å². The van der Waals surface area contributed by atoms with E-state index in [9.17, 15) is 19.3 Å². The first-order valence-electron chi connectivity index (χ1n) is 4.12. The predicted molar refractivity (Wildman–Crippen MR) is 50.9 cm³/mol. The lowest BCUT2D eigenvalue weighted by atomic mass is 10.1. The van der Waals surface area contributed by atoms with Gasteiger partial charge in [-0.2, -0.15) is 4.39 Å². The Hall–Kier alpha value is -2.18. The molecule has 0 spiro atoms. The van der Waals surface area contributed by atoms with Crippen molar-refractivity contribution in [1.82, 2.24) is 0 Å². The summed E-state index contributed by atoms with van der Waals surface area (Å²) in [6.45, 7) is 0. The van der Waals surface area contributed by atoms with Crippen molar-refractivity contribution in [2.45, 2.75) is 0 Å². The molecule has 0 amide bonds. The molecule has 6 nitrogen and oxygen atoms in total. The molecule has 86 valence electrons. The number of nitrogens with zero attached hydrogens (tertiary/aromatic N) is 1. The Morgan fingerprint density at radius 3 is 2.50 bits per heavy atom. The van der Waals surface area contributed by atoms with E-state index >= 15 is 0 Å². The van der Waals surface area contributed by atoms with Gasteiger partial charge in [0, 0.05) is 0 Å². The molecule has 1 rings (SSSR count). The first-order valence-corrected chi connectivity index (χ1v) is 4.12. The van der Waals surface area contributed by atoms with Crippen LogP contribution in [-0.2, 0) is 4.74 Å². The molecular formula is C9H8FNO5. The molecule has 0 unspecified atom stereocenters. The number of halogens is 1. The first-order chi connectivity index (χ1) is 7.52. The molecule has 0 aliphatic carbocycles. The number of benzene rings is 1. The van der Waals surface area contributed by atoms with Gasteiger partial charge < -0.3 is 9.47 Å². The van der Waals surface area contributed by atoms with Crippen molar-refractivity contribution >= 4 is 11.7 Å². The molecule has 1 aromatic rings. The number of ether oxygens (including phenoxy) is 2. The van der Waals surface area contributed by atoms with Crippen LogP contribution in [-0.4, -0.2) is 25.1 Å². The van der Waals surface area contributed by atoms with Crippen molar-refractivity contribution in [1.29, 1.82) is 0 Å². The largest absolute Gasteiger partial charge is 0.490 e. The van der Waals surface area contributed by atoms with Crippen molar-refractivity contribution < 1.29 is 23.6 Å². The fourth-order valence-electron chi connectivity index (χ4n) is 1.15. The highest BCUT2D eigenvalue weighted by atomic mass is 19.1. The molecule has 7 heteroatoms. The molecule has 1 aromatic carbocycles. The number of carbonyl (C=O) groups is 1. The van der Waals surface area contributed by atoms with E-state index in [1.807, 2.05) is 0 Å². The van der Waals surface area contributed by atoms with E-state index in [0.717, 1.165) is 19.2 Å². The maximum absolute atomic E-state index is 13.6. The van der Waals surface area contributed by atoms with Crippen molar-refractivity contribution in [3.63, 3.8) is 0 Å². The Morgan fingerprint density at radius 2 is 2.06 bits per heavy atom. The quantitative estimate of drug-likeness (QED) is 0.446. The minimum atomic E-state index is -1.27. The first kappa shape index (κ1) is 11.9. The van der Waals surface area contributed by atoms with Gasteiger partial charge in [-0.15, -0.1) is 0 Å². The number of hydrogen-bond donors (Lipinski definition) is 0. The standard InChI is InChI=1S/C9H8FNO5/c1-15-6-4-3-5(9(12)16-2)7(10)8(6)11(13)14/h3-4H,1-2H3. The van der Waals surface area contributed by atoms with Gasteiger partial charge in [0.15, 0.2) is 5.75 Å². The molecule has 0 radical (unpaired) electrons. The zero-order valence-corrected chi connectivity index (χ0v) is 8.52. The predicted octanol–water partition coefficient (Wildman–Crippen LogP) is 1.53. The van der Waals surface area contributed by atoms with Crippen LogP contribution in [0.25, 0.3) is 0 Å². The average Bonchev–Trinajstić information content (AvgIpc) is 2.26. The second kappa shape index (κ2) is 4.56. The minimum absolute atomic E-state index is 0.254. The van der Waals surface area contributed by atoms with Crippen LogP contribution < -0.4 is 4.74 Å². The zero-order valence-electron chi connectivity index (χ0n) is 8.52. The molecular weight excluding hydrogens is 221 g/mol. The van der Waals surface area contributed by atoms with Crippen molar-refractivity contribution in [3.05, 3.63) is 33.6 Å². The Morgan fingerprint density at radius 1 is 1.44 bits per heavy atom. The van der Waals surface area contributed by atoms with Crippen LogP contribution in [0.1, 0.15) is 10.4 Å². The molecule has 0 aliphatic heterocycles. The molecule has 0 fully saturated rings. The fourth-order valence-corrected chi connectivity index (χ4v) is 1.15. The topological polar surface area (TPSA) is 78.7 Å². The van der Waals surface area contributed by atoms with Crippen LogP contribution in [0, 0.1) is 15.9 Å². The third-order valence-corrected chi connectivity index (χ3v) is 1.89. The number of carbonyl (C=O) groups excluding carboxylic acids is 1. The van der Waals surface area contributed by atoms with Crippen LogP contribution in [0.3, 0.4) is 0 Å². The summed E-state index contributed by atoms with van der Waals surface area (Å²) in [7, 11) is 2.22. The Balaban J connectivity index is 3.43. The molecule has 0 atom stereocenters. The lowest BCUT2D eigenvalue weighted by Gasteiger charge is -2.05. The molecule has 0 aliphatic rings. The van der Waals surface area contributed by atoms with E-state index in [-0.39, 0.29) is 5.75 Å². The van der Waals surface area contributed by atoms with E-state index in [4.69, 9.17) is 0 Å². The van der Waals surface area contributed by atoms with E-state index in [2.05, 4.69) is 9.47 Å². The maximum atomic E-state index is 13.6. The second-order valence-electron chi connectivity index (χ2n) is 2.73. The van der Waals surface area contributed by atoms with Crippen LogP contribution in [0.5, 0.6) is 5.75 Å². The summed E-state index contributed by atoms with van der Waals surface area (Å²) in [4.78, 5) is 20.7. The second-order valence-corrected chi connectivity index (χ2v) is 2.73. The summed E-state index contributed by atoms with van der Waals surface area (Å²) in [5, 5.41) is 10.6. The highest BCUT2D eigenvalue weighted by Gasteiger charge is 2.27. The van der Waals surface area contributed by atoms with Crippen molar-refractivity contribution in [2.24, 2.45) is 0 Å². The van der Waals surface area contributed by atoms with E-state index in [1.165, 1.54) is 7.11 Å². The molecule has 0 saturated carbocycles. The zero-order chi connectivity index (χ0) is 12.3. The average molecular weight is 229 g/mol. The highest BCUT2D eigenvalue weighted by molar-refractivity contribution is 5.91. The van der Waals surface area contributed by atoms with Gasteiger partial charge in [-0.1, -0.05) is 0 Å². The van der Waals surface area contributed by atoms with Crippen LogP contribution >= 0.6 is 0 Å². The summed E-state index contributed by atoms with van der Waals surface area (Å²) in [5.41, 5.74) is -1.39. The van der Waals surface area contributed by atoms with Crippen molar-refractivity contribution in [3.8, 4) is 5.75 Å². The SMILES string of the molecule is COC(=O)c1ccc(OC)c([N+](=O)[O-])c1F. The Bertz CT molecular complexity index is 446. The number of rotatable bonds is 3. The maximum Gasteiger partial charge on any atom is 0.347 e. The lowest BCUT2D eigenvalue weighted by Crippen LogP contribution is -2.07. The summed E-state index contributed by atoms with van der Waals surface area (Å²) in [5.74, 6) is -2.50. The molecule has 0 heterocycles. The Kier molecular flexibility index (Phi) is 3.39. The van der Waals surface area contributed by atoms with Gasteiger partial charge >= 0.3 is 11.7 Å². The number of methoxy groups -OCH3 is 2. The van der Waals surface area contributed by atoms with E-state index in [1.54, 1.807) is 0 Å². The van der Waals surface area contributed by atoms with Gasteiger partial charge in [0.05, 0.1) is 19.1 Å². The van der Waals surface area contributed by atoms with Gasteiger partial charge in [0.2, 0.25) is 5.82 Å². The van der Waals surface area contributed by atoms with Gasteiger partial charge in [0.25, 0.3) is 0 Å². The molecule has 0 bridgehead atoms. The number of hydrogen-bond acceptors (Lipinski definition) is 5. The lowest BCUT2D eigenvalue weighted by molar-refractivity contribution is -0.388. The number of nitro groups is 1. The summed E-state index contributed by atoms with van der Waals surface area (Å²) in [6.07, 6.45) is 0. The van der Waals surface area contributed by atoms with E-state index in [0.29, 0.717) is 0 Å². The van der Waals surface area contributed by atoms with Crippen molar-refractivity contribution in [2.75, 3.05) is 14.2 Å². The molecule has 16 heavy (non-hydrogen) atoms. The smallest absolute Gasteiger partial charge is 0.347 e. The number of esters is 1. The van der Waals surface area contributed by atoms with E-state index < -0.39 is 28.0 Å². The molecule has 0 N–H and O–H groups in total. The summed E-state index contributed by atoms with van der Waals surface area (Å²) >= 11 is 0. The van der Waals surface area contributed by atoms with Gasteiger partial charge in [-0.3, -0.25) is 10.1 Å². The molecule has 0 saturated heterocycles. The number of nitro benzene ring substituents is 1. The molecule has 0 aromatic heterocycles. The van der Waals surface area contributed by atoms with Gasteiger partial charge in [-0.25, -0.2) is 4.79 Å².